The van der Waals surface area contributed by atoms with Gasteiger partial charge in [-0.05, 0) is 12.0 Å². The molecule has 1 aromatic rings. The standard InChI is InChI=1S/C24H42NO2/c1-5-6-7-8-9-10-11-12-16-19-24(26)27-21-23(25(2,3)4)20-22-17-14-13-15-18-22/h13-15,17-18,23H,5-12,16,19-21H2,1-4H3/q+1. The van der Waals surface area contributed by atoms with E-state index in [1.807, 2.05) is 6.07 Å². The van der Waals surface area contributed by atoms with Crippen LogP contribution in [-0.2, 0) is 16.0 Å². The summed E-state index contributed by atoms with van der Waals surface area (Å²) in [5, 5.41) is 0. The third-order valence-electron chi connectivity index (χ3n) is 5.33. The molecule has 0 aliphatic rings. The van der Waals surface area contributed by atoms with Gasteiger partial charge in [0.05, 0.1) is 21.1 Å². The van der Waals surface area contributed by atoms with Crippen molar-refractivity contribution in [3.63, 3.8) is 0 Å². The summed E-state index contributed by atoms with van der Waals surface area (Å²) >= 11 is 0. The molecule has 1 aromatic carbocycles. The van der Waals surface area contributed by atoms with Gasteiger partial charge >= 0.3 is 5.97 Å². The van der Waals surface area contributed by atoms with Gasteiger partial charge in [-0.25, -0.2) is 0 Å². The third kappa shape index (κ3) is 11.9. The normalized spacial score (nSPS) is 12.7. The van der Waals surface area contributed by atoms with Crippen LogP contribution in [0.4, 0.5) is 0 Å². The summed E-state index contributed by atoms with van der Waals surface area (Å²) in [6, 6.07) is 10.7. The van der Waals surface area contributed by atoms with E-state index in [4.69, 9.17) is 4.74 Å². The fourth-order valence-electron chi connectivity index (χ4n) is 3.28. The van der Waals surface area contributed by atoms with Crippen LogP contribution in [0.1, 0.15) is 76.7 Å². The number of hydrogen-bond donors (Lipinski definition) is 0. The SMILES string of the molecule is CCCCCCCCCCCC(=O)OCC(Cc1ccccc1)[N+](C)(C)C. The zero-order valence-corrected chi connectivity index (χ0v) is 18.2. The van der Waals surface area contributed by atoms with Crippen molar-refractivity contribution in [2.45, 2.75) is 83.6 Å². The Morgan fingerprint density at radius 1 is 0.889 bits per heavy atom. The first-order valence-corrected chi connectivity index (χ1v) is 10.9. The summed E-state index contributed by atoms with van der Waals surface area (Å²) in [6.45, 7) is 2.75. The van der Waals surface area contributed by atoms with Gasteiger partial charge in [0.15, 0.2) is 0 Å². The highest BCUT2D eigenvalue weighted by Gasteiger charge is 2.25. The third-order valence-corrected chi connectivity index (χ3v) is 5.33. The number of ether oxygens (including phenoxy) is 1. The summed E-state index contributed by atoms with van der Waals surface area (Å²) < 4.78 is 6.41. The molecule has 0 radical (unpaired) electrons. The van der Waals surface area contributed by atoms with E-state index < -0.39 is 0 Å². The lowest BCUT2D eigenvalue weighted by atomic mass is 10.0. The molecule has 0 bridgehead atoms. The van der Waals surface area contributed by atoms with E-state index in [1.54, 1.807) is 0 Å². The fourth-order valence-corrected chi connectivity index (χ4v) is 3.28. The van der Waals surface area contributed by atoms with Gasteiger partial charge in [0.2, 0.25) is 0 Å². The number of esters is 1. The van der Waals surface area contributed by atoms with Crippen molar-refractivity contribution in [1.29, 1.82) is 0 Å². The highest BCUT2D eigenvalue weighted by Crippen LogP contribution is 2.14. The first kappa shape index (κ1) is 23.7. The molecule has 0 aromatic heterocycles. The predicted molar refractivity (Wildman–Crippen MR) is 115 cm³/mol. The molecule has 1 unspecified atom stereocenters. The van der Waals surface area contributed by atoms with Gasteiger partial charge in [-0.2, -0.15) is 0 Å². The molecule has 3 heteroatoms. The van der Waals surface area contributed by atoms with E-state index in [1.165, 1.54) is 50.5 Å². The van der Waals surface area contributed by atoms with Crippen molar-refractivity contribution in [2.75, 3.05) is 27.7 Å². The van der Waals surface area contributed by atoms with Gasteiger partial charge in [0.25, 0.3) is 0 Å². The molecule has 0 saturated carbocycles. The highest BCUT2D eigenvalue weighted by molar-refractivity contribution is 5.69. The molecule has 0 aliphatic carbocycles. The Morgan fingerprint density at radius 2 is 1.44 bits per heavy atom. The molecule has 0 N–H and O–H groups in total. The largest absolute Gasteiger partial charge is 0.459 e. The Hall–Kier alpha value is -1.35. The minimum absolute atomic E-state index is 0.0375. The van der Waals surface area contributed by atoms with Gasteiger partial charge in [-0.1, -0.05) is 88.6 Å². The molecule has 27 heavy (non-hydrogen) atoms. The van der Waals surface area contributed by atoms with Gasteiger partial charge < -0.3 is 9.22 Å². The van der Waals surface area contributed by atoms with E-state index in [2.05, 4.69) is 52.3 Å². The van der Waals surface area contributed by atoms with Gasteiger partial charge in [-0.15, -0.1) is 0 Å². The van der Waals surface area contributed by atoms with Crippen molar-refractivity contribution in [3.8, 4) is 0 Å². The summed E-state index contributed by atoms with van der Waals surface area (Å²) in [5.41, 5.74) is 1.30. The number of unbranched alkanes of at least 4 members (excludes halogenated alkanes) is 8. The first-order valence-electron chi connectivity index (χ1n) is 10.9. The van der Waals surface area contributed by atoms with Gasteiger partial charge in [0.1, 0.15) is 12.6 Å². The number of nitrogens with zero attached hydrogens (tertiary/aromatic N) is 1. The zero-order valence-electron chi connectivity index (χ0n) is 18.2. The lowest BCUT2D eigenvalue weighted by Crippen LogP contribution is -2.49. The molecule has 0 aliphatic heterocycles. The molecule has 3 nitrogen and oxygen atoms in total. The van der Waals surface area contributed by atoms with Crippen LogP contribution in [0.15, 0.2) is 30.3 Å². The molecule has 0 spiro atoms. The van der Waals surface area contributed by atoms with Crippen LogP contribution in [0.3, 0.4) is 0 Å². The minimum atomic E-state index is -0.0375. The quantitative estimate of drug-likeness (QED) is 0.221. The predicted octanol–water partition coefficient (Wildman–Crippen LogP) is 5.77. The smallest absolute Gasteiger partial charge is 0.306 e. The monoisotopic (exact) mass is 376 g/mol. The minimum Gasteiger partial charge on any atom is -0.459 e. The molecular weight excluding hydrogens is 334 g/mol. The van der Waals surface area contributed by atoms with E-state index in [9.17, 15) is 4.79 Å². The second-order valence-electron chi connectivity index (χ2n) is 8.72. The second kappa shape index (κ2) is 13.8. The van der Waals surface area contributed by atoms with Crippen molar-refractivity contribution < 1.29 is 14.0 Å². The van der Waals surface area contributed by atoms with Gasteiger partial charge in [-0.3, -0.25) is 4.79 Å². The van der Waals surface area contributed by atoms with Crippen LogP contribution in [0.25, 0.3) is 0 Å². The lowest BCUT2D eigenvalue weighted by molar-refractivity contribution is -0.896. The summed E-state index contributed by atoms with van der Waals surface area (Å²) in [6.07, 6.45) is 12.9. The van der Waals surface area contributed by atoms with Crippen molar-refractivity contribution in [1.82, 2.24) is 0 Å². The molecule has 154 valence electrons. The maximum Gasteiger partial charge on any atom is 0.306 e. The van der Waals surface area contributed by atoms with Gasteiger partial charge in [0, 0.05) is 12.8 Å². The van der Waals surface area contributed by atoms with E-state index in [0.717, 1.165) is 23.7 Å². The van der Waals surface area contributed by atoms with E-state index in [-0.39, 0.29) is 12.0 Å². The Balaban J connectivity index is 2.18. The zero-order chi connectivity index (χ0) is 20.0. The summed E-state index contributed by atoms with van der Waals surface area (Å²) in [7, 11) is 6.51. The van der Waals surface area contributed by atoms with E-state index in [0.29, 0.717) is 13.0 Å². The number of carbonyl (C=O) groups excluding carboxylic acids is 1. The average Bonchev–Trinajstić information content (AvgIpc) is 2.63. The molecule has 0 heterocycles. The Kier molecular flexibility index (Phi) is 12.1. The van der Waals surface area contributed by atoms with Crippen molar-refractivity contribution in [3.05, 3.63) is 35.9 Å². The topological polar surface area (TPSA) is 26.3 Å². The molecule has 1 atom stereocenters. The Morgan fingerprint density at radius 3 is 2.00 bits per heavy atom. The van der Waals surface area contributed by atoms with Crippen LogP contribution < -0.4 is 0 Å². The average molecular weight is 377 g/mol. The lowest BCUT2D eigenvalue weighted by Gasteiger charge is -2.34. The van der Waals surface area contributed by atoms with E-state index >= 15 is 0 Å². The molecular formula is C24H42NO2+. The van der Waals surface area contributed by atoms with Crippen molar-refractivity contribution >= 4 is 5.97 Å². The highest BCUT2D eigenvalue weighted by atomic mass is 16.5. The number of carbonyl (C=O) groups is 1. The van der Waals surface area contributed by atoms with Crippen LogP contribution in [0.2, 0.25) is 0 Å². The van der Waals surface area contributed by atoms with Crippen LogP contribution in [0, 0.1) is 0 Å². The molecule has 0 amide bonds. The summed E-state index contributed by atoms with van der Waals surface area (Å²) in [5.74, 6) is -0.0375. The number of hydrogen-bond acceptors (Lipinski definition) is 2. The van der Waals surface area contributed by atoms with Crippen LogP contribution >= 0.6 is 0 Å². The first-order chi connectivity index (χ1) is 12.9. The molecule has 0 fully saturated rings. The van der Waals surface area contributed by atoms with Crippen molar-refractivity contribution in [2.24, 2.45) is 0 Å². The molecule has 0 saturated heterocycles. The summed E-state index contributed by atoms with van der Waals surface area (Å²) in [4.78, 5) is 12.1. The number of rotatable bonds is 15. The second-order valence-corrected chi connectivity index (χ2v) is 8.72. The van der Waals surface area contributed by atoms with Crippen LogP contribution in [-0.4, -0.2) is 44.2 Å². The number of benzene rings is 1. The maximum atomic E-state index is 12.1. The number of quaternary nitrogens is 1. The maximum absolute atomic E-state index is 12.1. The fraction of sp³-hybridized carbons (Fsp3) is 0.708. The molecule has 1 rings (SSSR count). The van der Waals surface area contributed by atoms with Crippen LogP contribution in [0.5, 0.6) is 0 Å². The number of likely N-dealkylation sites (N-methyl/N-ethyl adjacent to an activating group) is 1. The Bertz CT molecular complexity index is 493. The Labute approximate surface area is 167 Å².